The van der Waals surface area contributed by atoms with Gasteiger partial charge in [0.05, 0.1) is 0 Å². The van der Waals surface area contributed by atoms with Crippen LogP contribution in [0.4, 0.5) is 0 Å². The van der Waals surface area contributed by atoms with Crippen LogP contribution in [0.25, 0.3) is 43.1 Å². The predicted molar refractivity (Wildman–Crippen MR) is 167 cm³/mol. The Morgan fingerprint density at radius 2 is 0.850 bits per heavy atom. The third kappa shape index (κ3) is 8.09. The zero-order chi connectivity index (χ0) is 26.8. The number of fused-ring (bicyclic) bond motifs is 6. The molecule has 6 aromatic carbocycles. The number of rotatable bonds is 0. The summed E-state index contributed by atoms with van der Waals surface area (Å²) in [5, 5.41) is 10.8. The third-order valence-electron chi connectivity index (χ3n) is 6.96. The fourth-order valence-corrected chi connectivity index (χ4v) is 4.79. The quantitative estimate of drug-likeness (QED) is 0.202. The third-order valence-corrected chi connectivity index (χ3v) is 6.96. The van der Waals surface area contributed by atoms with Crippen LogP contribution in [0.5, 0.6) is 0 Å². The first-order valence-electron chi connectivity index (χ1n) is 13.3. The van der Waals surface area contributed by atoms with E-state index in [9.17, 15) is 0 Å². The van der Waals surface area contributed by atoms with Crippen LogP contribution in [0.15, 0.2) is 97.1 Å². The summed E-state index contributed by atoms with van der Waals surface area (Å²) in [6.07, 6.45) is 0.750. The van der Waals surface area contributed by atoms with Gasteiger partial charge in [-0.05, 0) is 21.6 Å². The van der Waals surface area contributed by atoms with E-state index in [1.165, 1.54) is 54.2 Å². The van der Waals surface area contributed by atoms with Gasteiger partial charge in [-0.1, -0.05) is 113 Å². The van der Waals surface area contributed by atoms with E-state index in [0.717, 1.165) is 6.42 Å². The number of hydrogen-bond acceptors (Lipinski definition) is 0. The Labute approximate surface area is 273 Å². The van der Waals surface area contributed by atoms with Gasteiger partial charge in [0.15, 0.2) is 0 Å². The van der Waals surface area contributed by atoms with Crippen LogP contribution in [-0.2, 0) is 37.0 Å². The predicted octanol–water partition coefficient (Wildman–Crippen LogP) is 5.07. The van der Waals surface area contributed by atoms with Crippen LogP contribution >= 0.6 is 0 Å². The maximum Gasteiger partial charge on any atom is 2.00 e. The van der Waals surface area contributed by atoms with Crippen molar-refractivity contribution in [2.75, 3.05) is 0 Å². The first-order chi connectivity index (χ1) is 17.5. The molecule has 0 aromatic heterocycles. The smallest absolute Gasteiger partial charge is 1.00 e. The Morgan fingerprint density at radius 1 is 0.525 bits per heavy atom. The molecule has 40 heavy (non-hydrogen) atoms. The van der Waals surface area contributed by atoms with Gasteiger partial charge in [0.1, 0.15) is 0 Å². The summed E-state index contributed by atoms with van der Waals surface area (Å²) >= 11 is 0. The van der Waals surface area contributed by atoms with Crippen molar-refractivity contribution < 1.29 is 51.0 Å². The number of hydrogen-bond donors (Lipinski definition) is 0. The number of benzene rings is 4. The molecule has 0 radical (unpaired) electrons. The molecule has 0 heterocycles. The normalized spacial score (nSPS) is 11.0. The molecule has 0 aliphatic carbocycles. The maximum atomic E-state index is 3.38. The van der Waals surface area contributed by atoms with Crippen LogP contribution in [0.1, 0.15) is 59.1 Å². The minimum atomic E-state index is 0. The Hall–Kier alpha value is -1.92. The number of halogens is 2. The summed E-state index contributed by atoms with van der Waals surface area (Å²) in [6.45, 7) is 20.4. The summed E-state index contributed by atoms with van der Waals surface area (Å²) in [5.74, 6) is 0. The zero-order valence-electron chi connectivity index (χ0n) is 24.6. The van der Waals surface area contributed by atoms with Crippen LogP contribution < -0.4 is 24.8 Å². The van der Waals surface area contributed by atoms with Gasteiger partial charge in [-0.3, -0.25) is 0 Å². The minimum Gasteiger partial charge on any atom is -1.00 e. The molecule has 0 bridgehead atoms. The van der Waals surface area contributed by atoms with Gasteiger partial charge < -0.3 is 45.1 Å². The van der Waals surface area contributed by atoms with Crippen LogP contribution in [0.2, 0.25) is 0 Å². The van der Waals surface area contributed by atoms with Crippen LogP contribution in [-0.4, -0.2) is 0 Å². The molecule has 0 nitrogen and oxygen atoms in total. The standard InChI is InChI=1S/2C17H17.C3H6.2ClH.Zr/c2*1-17(2,3)14-10-13-9-8-12-6-4-5-7-15(12)16(13)11-14;1-3-2;;;/h2*4-11H,1-3H3;1-3H2;2*1H;/q2*-1;-2;;;+2/p-2. The van der Waals surface area contributed by atoms with E-state index >= 15 is 0 Å². The van der Waals surface area contributed by atoms with E-state index in [-0.39, 0.29) is 61.8 Å². The molecule has 0 aliphatic rings. The Balaban J connectivity index is 0.000000341. The second-order valence-corrected chi connectivity index (χ2v) is 11.9. The fraction of sp³-hybridized carbons (Fsp3) is 0.243. The first-order valence-corrected chi connectivity index (χ1v) is 13.3. The van der Waals surface area contributed by atoms with Gasteiger partial charge in [0.25, 0.3) is 0 Å². The molecule has 3 heteroatoms. The SMILES string of the molecule is CC(C)(C)c1cc2c(ccc3ccccc32)[cH-]1.CC(C)(C)c1cc2c(ccc3ccccc32)[cH-]1.[CH2-]C[CH2-].[Cl-].[Cl-].[Zr+2]. The van der Waals surface area contributed by atoms with E-state index < -0.39 is 0 Å². The van der Waals surface area contributed by atoms with Crippen molar-refractivity contribution in [2.45, 2.75) is 58.8 Å². The molecule has 0 amide bonds. The fourth-order valence-electron chi connectivity index (χ4n) is 4.79. The Kier molecular flexibility index (Phi) is 13.4. The maximum absolute atomic E-state index is 3.38. The van der Waals surface area contributed by atoms with E-state index in [1.54, 1.807) is 0 Å². The van der Waals surface area contributed by atoms with Crippen molar-refractivity contribution in [3.63, 3.8) is 0 Å². The molecule has 210 valence electrons. The van der Waals surface area contributed by atoms with E-state index in [1.807, 2.05) is 0 Å². The van der Waals surface area contributed by atoms with Gasteiger partial charge in [0, 0.05) is 0 Å². The van der Waals surface area contributed by atoms with Crippen LogP contribution in [0, 0.1) is 13.8 Å². The van der Waals surface area contributed by atoms with E-state index in [4.69, 9.17) is 0 Å². The molecule has 0 aliphatic heterocycles. The van der Waals surface area contributed by atoms with Crippen molar-refractivity contribution in [3.8, 4) is 0 Å². The minimum absolute atomic E-state index is 0. The van der Waals surface area contributed by atoms with Gasteiger partial charge in [-0.25, -0.2) is 0 Å². The summed E-state index contributed by atoms with van der Waals surface area (Å²) in [4.78, 5) is 0. The zero-order valence-corrected chi connectivity index (χ0v) is 28.6. The van der Waals surface area contributed by atoms with Crippen LogP contribution in [0.3, 0.4) is 0 Å². The second kappa shape index (κ2) is 14.8. The van der Waals surface area contributed by atoms with E-state index in [2.05, 4.69) is 152 Å². The van der Waals surface area contributed by atoms with E-state index in [0.29, 0.717) is 0 Å². The summed E-state index contributed by atoms with van der Waals surface area (Å²) in [6, 6.07) is 35.4. The molecule has 6 aromatic rings. The molecule has 6 rings (SSSR count). The van der Waals surface area contributed by atoms with Crippen molar-refractivity contribution in [2.24, 2.45) is 0 Å². The molecule has 0 fully saturated rings. The van der Waals surface area contributed by atoms with Crippen molar-refractivity contribution in [1.29, 1.82) is 0 Å². The van der Waals surface area contributed by atoms with Crippen molar-refractivity contribution in [1.82, 2.24) is 0 Å². The molecule has 0 spiro atoms. The van der Waals surface area contributed by atoms with Gasteiger partial charge in [0.2, 0.25) is 0 Å². The van der Waals surface area contributed by atoms with Crippen molar-refractivity contribution in [3.05, 3.63) is 122 Å². The van der Waals surface area contributed by atoms with Gasteiger partial charge in [-0.15, -0.1) is 56.9 Å². The topological polar surface area (TPSA) is 0 Å². The monoisotopic (exact) mass is 644 g/mol. The summed E-state index contributed by atoms with van der Waals surface area (Å²) < 4.78 is 0. The molecular formula is C37H40Cl2Zr-4. The summed E-state index contributed by atoms with van der Waals surface area (Å²) in [7, 11) is 0. The Bertz CT molecular complexity index is 1510. The largest absolute Gasteiger partial charge is 2.00 e. The molecule has 0 saturated heterocycles. The molecule has 0 unspecified atom stereocenters. The van der Waals surface area contributed by atoms with Gasteiger partial charge in [-0.2, -0.15) is 12.1 Å². The average molecular weight is 647 g/mol. The molecular weight excluding hydrogens is 607 g/mol. The second-order valence-electron chi connectivity index (χ2n) is 11.9. The summed E-state index contributed by atoms with van der Waals surface area (Å²) in [5.41, 5.74) is 3.29. The molecule has 0 atom stereocenters. The first kappa shape index (κ1) is 36.1. The molecule has 0 saturated carbocycles. The average Bonchev–Trinajstić information content (AvgIpc) is 3.50. The molecule has 0 N–H and O–H groups in total. The van der Waals surface area contributed by atoms with Gasteiger partial charge >= 0.3 is 26.2 Å². The van der Waals surface area contributed by atoms with Crippen molar-refractivity contribution >= 4 is 43.1 Å². The Morgan fingerprint density at radius 3 is 1.18 bits per heavy atom.